The molecule has 2 bridgehead atoms. The predicted octanol–water partition coefficient (Wildman–Crippen LogP) is 3.30. The van der Waals surface area contributed by atoms with Crippen LogP contribution in [0.1, 0.15) is 32.1 Å². The summed E-state index contributed by atoms with van der Waals surface area (Å²) in [7, 11) is 0. The number of anilines is 1. The molecule has 0 aliphatic carbocycles. The lowest BCUT2D eigenvalue weighted by molar-refractivity contribution is 0.271. The predicted molar refractivity (Wildman–Crippen MR) is 75.3 cm³/mol. The van der Waals surface area contributed by atoms with E-state index in [1.54, 1.807) is 0 Å². The van der Waals surface area contributed by atoms with E-state index in [0.717, 1.165) is 12.8 Å². The highest BCUT2D eigenvalue weighted by Crippen LogP contribution is 2.39. The van der Waals surface area contributed by atoms with Crippen molar-refractivity contribution >= 4 is 21.6 Å². The van der Waals surface area contributed by atoms with Crippen LogP contribution in [0.15, 0.2) is 28.7 Å². The number of benzene rings is 1. The zero-order valence-corrected chi connectivity index (χ0v) is 11.6. The Bertz CT molecular complexity index is 393. The van der Waals surface area contributed by atoms with Gasteiger partial charge in [-0.3, -0.25) is 0 Å². The molecule has 0 aromatic heterocycles. The second-order valence-electron chi connectivity index (χ2n) is 5.33. The minimum absolute atomic E-state index is 0.407. The molecule has 1 aromatic rings. The van der Waals surface area contributed by atoms with Crippen LogP contribution in [0, 0.1) is 0 Å². The summed E-state index contributed by atoms with van der Waals surface area (Å²) in [5, 5.41) is 0. The van der Waals surface area contributed by atoms with E-state index in [1.807, 2.05) is 0 Å². The van der Waals surface area contributed by atoms with Gasteiger partial charge in [0.15, 0.2) is 0 Å². The van der Waals surface area contributed by atoms with E-state index in [4.69, 9.17) is 5.73 Å². The fourth-order valence-corrected chi connectivity index (χ4v) is 3.97. The third-order valence-corrected chi connectivity index (χ3v) is 4.81. The van der Waals surface area contributed by atoms with Gasteiger partial charge in [0, 0.05) is 22.6 Å². The van der Waals surface area contributed by atoms with Crippen LogP contribution in [-0.4, -0.2) is 18.1 Å². The summed E-state index contributed by atoms with van der Waals surface area (Å²) < 4.78 is 1.22. The normalized spacial score (nSPS) is 32.6. The average Bonchev–Trinajstić information content (AvgIpc) is 2.29. The van der Waals surface area contributed by atoms with E-state index < -0.39 is 0 Å². The maximum atomic E-state index is 6.16. The Morgan fingerprint density at radius 2 is 1.76 bits per heavy atom. The molecule has 92 valence electrons. The number of para-hydroxylation sites is 1. The van der Waals surface area contributed by atoms with Gasteiger partial charge in [-0.1, -0.05) is 12.1 Å². The molecule has 0 spiro atoms. The lowest BCUT2D eigenvalue weighted by atomic mass is 9.81. The van der Waals surface area contributed by atoms with E-state index in [0.29, 0.717) is 18.1 Å². The first kappa shape index (κ1) is 11.5. The molecule has 3 rings (SSSR count). The van der Waals surface area contributed by atoms with Crippen LogP contribution in [0.2, 0.25) is 0 Å². The van der Waals surface area contributed by atoms with Crippen LogP contribution >= 0.6 is 15.9 Å². The largest absolute Gasteiger partial charge is 0.365 e. The Labute approximate surface area is 111 Å². The third-order valence-electron chi connectivity index (χ3n) is 4.14. The zero-order chi connectivity index (χ0) is 11.8. The van der Waals surface area contributed by atoms with Crippen molar-refractivity contribution in [2.45, 2.75) is 50.2 Å². The summed E-state index contributed by atoms with van der Waals surface area (Å²) in [6, 6.07) is 10.3. The standard InChI is InChI=1S/C14H19BrN2/c15-13-6-1-2-7-14(13)17-11-4-3-5-12(17)9-10(16)8-11/h1-2,6-7,10-12H,3-5,8-9,16H2. The summed E-state index contributed by atoms with van der Waals surface area (Å²) in [5.41, 5.74) is 7.52. The van der Waals surface area contributed by atoms with Gasteiger partial charge < -0.3 is 10.6 Å². The van der Waals surface area contributed by atoms with Crippen LogP contribution in [0.4, 0.5) is 5.69 Å². The topological polar surface area (TPSA) is 29.3 Å². The van der Waals surface area contributed by atoms with E-state index in [2.05, 4.69) is 45.1 Å². The van der Waals surface area contributed by atoms with Crippen molar-refractivity contribution in [2.24, 2.45) is 5.73 Å². The molecule has 2 aliphatic heterocycles. The number of nitrogens with zero attached hydrogens (tertiary/aromatic N) is 1. The highest BCUT2D eigenvalue weighted by atomic mass is 79.9. The van der Waals surface area contributed by atoms with Gasteiger partial charge in [0.05, 0.1) is 5.69 Å². The molecule has 2 aliphatic rings. The van der Waals surface area contributed by atoms with Gasteiger partial charge in [0.1, 0.15) is 0 Å². The van der Waals surface area contributed by atoms with E-state index in [9.17, 15) is 0 Å². The molecule has 2 nitrogen and oxygen atoms in total. The van der Waals surface area contributed by atoms with Crippen LogP contribution < -0.4 is 10.6 Å². The molecular formula is C14H19BrN2. The van der Waals surface area contributed by atoms with Crippen LogP contribution in [0.3, 0.4) is 0 Å². The Hall–Kier alpha value is -0.540. The highest BCUT2D eigenvalue weighted by Gasteiger charge is 2.37. The van der Waals surface area contributed by atoms with Gasteiger partial charge in [0.25, 0.3) is 0 Å². The Balaban J connectivity index is 1.94. The molecule has 2 atom stereocenters. The third kappa shape index (κ3) is 2.11. The van der Waals surface area contributed by atoms with Crippen molar-refractivity contribution in [2.75, 3.05) is 4.90 Å². The minimum atomic E-state index is 0.407. The Morgan fingerprint density at radius 1 is 1.12 bits per heavy atom. The van der Waals surface area contributed by atoms with Crippen LogP contribution in [0.25, 0.3) is 0 Å². The minimum Gasteiger partial charge on any atom is -0.365 e. The van der Waals surface area contributed by atoms with Crippen molar-refractivity contribution in [3.05, 3.63) is 28.7 Å². The number of halogens is 1. The summed E-state index contributed by atoms with van der Waals surface area (Å²) in [6.07, 6.45) is 6.26. The molecule has 0 amide bonds. The van der Waals surface area contributed by atoms with E-state index >= 15 is 0 Å². The Kier molecular flexibility index (Phi) is 3.14. The van der Waals surface area contributed by atoms with Gasteiger partial charge in [-0.15, -0.1) is 0 Å². The van der Waals surface area contributed by atoms with Gasteiger partial charge in [0.2, 0.25) is 0 Å². The molecule has 0 saturated carbocycles. The smallest absolute Gasteiger partial charge is 0.0515 e. The highest BCUT2D eigenvalue weighted by molar-refractivity contribution is 9.10. The van der Waals surface area contributed by atoms with Crippen LogP contribution in [0.5, 0.6) is 0 Å². The summed E-state index contributed by atoms with van der Waals surface area (Å²) >= 11 is 3.68. The van der Waals surface area contributed by atoms with Crippen molar-refractivity contribution in [3.8, 4) is 0 Å². The SMILES string of the molecule is NC1CC2CCCC(C1)N2c1ccccc1Br. The maximum absolute atomic E-state index is 6.16. The van der Waals surface area contributed by atoms with Gasteiger partial charge in [-0.05, 0) is 60.2 Å². The fraction of sp³-hybridized carbons (Fsp3) is 0.571. The molecule has 2 heterocycles. The fourth-order valence-electron chi connectivity index (χ4n) is 3.48. The molecule has 2 saturated heterocycles. The zero-order valence-electron chi connectivity index (χ0n) is 9.98. The molecule has 3 heteroatoms. The summed E-state index contributed by atoms with van der Waals surface area (Å²) in [5.74, 6) is 0. The number of rotatable bonds is 1. The van der Waals surface area contributed by atoms with E-state index in [1.165, 1.54) is 29.4 Å². The quantitative estimate of drug-likeness (QED) is 0.861. The first-order valence-electron chi connectivity index (χ1n) is 6.54. The summed E-state index contributed by atoms with van der Waals surface area (Å²) in [6.45, 7) is 0. The number of nitrogens with two attached hydrogens (primary N) is 1. The summed E-state index contributed by atoms with van der Waals surface area (Å²) in [4.78, 5) is 2.62. The number of hydrogen-bond donors (Lipinski definition) is 1. The van der Waals surface area contributed by atoms with Crippen molar-refractivity contribution in [1.29, 1.82) is 0 Å². The molecule has 2 N–H and O–H groups in total. The second kappa shape index (κ2) is 4.62. The number of fused-ring (bicyclic) bond motifs is 2. The van der Waals surface area contributed by atoms with E-state index in [-0.39, 0.29) is 0 Å². The lowest BCUT2D eigenvalue weighted by Crippen LogP contribution is -2.55. The first-order chi connectivity index (χ1) is 8.25. The molecule has 2 fully saturated rings. The van der Waals surface area contributed by atoms with Gasteiger partial charge in [-0.25, -0.2) is 0 Å². The Morgan fingerprint density at radius 3 is 2.41 bits per heavy atom. The van der Waals surface area contributed by atoms with Crippen LogP contribution in [-0.2, 0) is 0 Å². The molecular weight excluding hydrogens is 276 g/mol. The first-order valence-corrected chi connectivity index (χ1v) is 7.33. The molecule has 17 heavy (non-hydrogen) atoms. The van der Waals surface area contributed by atoms with Gasteiger partial charge in [-0.2, -0.15) is 0 Å². The molecule has 2 unspecified atom stereocenters. The van der Waals surface area contributed by atoms with Gasteiger partial charge >= 0.3 is 0 Å². The lowest BCUT2D eigenvalue weighted by Gasteiger charge is -2.50. The molecule has 1 aromatic carbocycles. The number of piperidine rings is 2. The van der Waals surface area contributed by atoms with Crippen molar-refractivity contribution in [1.82, 2.24) is 0 Å². The monoisotopic (exact) mass is 294 g/mol. The number of hydrogen-bond acceptors (Lipinski definition) is 2. The second-order valence-corrected chi connectivity index (χ2v) is 6.18. The average molecular weight is 295 g/mol. The van der Waals surface area contributed by atoms with Crippen molar-refractivity contribution < 1.29 is 0 Å². The molecule has 0 radical (unpaired) electrons. The maximum Gasteiger partial charge on any atom is 0.0515 e. The van der Waals surface area contributed by atoms with Crippen molar-refractivity contribution in [3.63, 3.8) is 0 Å².